The molecule has 0 fully saturated rings. The molecule has 0 saturated carbocycles. The van der Waals surface area contributed by atoms with Gasteiger partial charge in [0.15, 0.2) is 11.5 Å². The first-order valence-electron chi connectivity index (χ1n) is 7.52. The number of urea groups is 1. The predicted octanol–water partition coefficient (Wildman–Crippen LogP) is 3.98. The average molecular weight is 314 g/mol. The van der Waals surface area contributed by atoms with Crippen LogP contribution in [0.1, 0.15) is 24.9 Å². The lowest BCUT2D eigenvalue weighted by Crippen LogP contribution is -2.32. The highest BCUT2D eigenvalue weighted by molar-refractivity contribution is 5.89. The van der Waals surface area contributed by atoms with Crippen LogP contribution in [0.25, 0.3) is 0 Å². The summed E-state index contributed by atoms with van der Waals surface area (Å²) in [5.74, 6) is 1.31. The number of hydrogen-bond donors (Lipinski definition) is 2. The number of rotatable bonds is 6. The molecule has 2 aromatic rings. The molecule has 0 saturated heterocycles. The maximum Gasteiger partial charge on any atom is 0.319 e. The molecule has 122 valence electrons. The van der Waals surface area contributed by atoms with Gasteiger partial charge in [-0.05, 0) is 36.2 Å². The Balaban J connectivity index is 2.09. The van der Waals surface area contributed by atoms with Gasteiger partial charge in [0.1, 0.15) is 0 Å². The second-order valence-electron chi connectivity index (χ2n) is 5.04. The van der Waals surface area contributed by atoms with Crippen molar-refractivity contribution in [3.63, 3.8) is 0 Å². The first-order valence-corrected chi connectivity index (χ1v) is 7.52. The highest BCUT2D eigenvalue weighted by Crippen LogP contribution is 2.30. The van der Waals surface area contributed by atoms with E-state index in [1.54, 1.807) is 14.2 Å². The smallest absolute Gasteiger partial charge is 0.319 e. The van der Waals surface area contributed by atoms with Gasteiger partial charge >= 0.3 is 6.03 Å². The topological polar surface area (TPSA) is 59.6 Å². The van der Waals surface area contributed by atoms with Gasteiger partial charge in [0.2, 0.25) is 0 Å². The number of nitrogens with one attached hydrogen (secondary N) is 2. The zero-order valence-corrected chi connectivity index (χ0v) is 13.6. The monoisotopic (exact) mass is 314 g/mol. The van der Waals surface area contributed by atoms with Crippen LogP contribution in [0.3, 0.4) is 0 Å². The van der Waals surface area contributed by atoms with E-state index >= 15 is 0 Å². The van der Waals surface area contributed by atoms with E-state index in [9.17, 15) is 4.79 Å². The Kier molecular flexibility index (Phi) is 5.86. The Bertz CT molecular complexity index is 644. The molecule has 5 heteroatoms. The van der Waals surface area contributed by atoms with Crippen LogP contribution in [0.15, 0.2) is 48.5 Å². The van der Waals surface area contributed by atoms with E-state index in [1.165, 1.54) is 0 Å². The molecule has 2 aromatic carbocycles. The Labute approximate surface area is 136 Å². The van der Waals surface area contributed by atoms with Crippen molar-refractivity contribution in [2.24, 2.45) is 0 Å². The van der Waals surface area contributed by atoms with Crippen LogP contribution in [-0.4, -0.2) is 20.3 Å². The molecule has 2 N–H and O–H groups in total. The number of carbonyl (C=O) groups excluding carboxylic acids is 1. The van der Waals surface area contributed by atoms with Crippen LogP contribution in [0.2, 0.25) is 0 Å². The van der Waals surface area contributed by atoms with Gasteiger partial charge < -0.3 is 20.1 Å². The third kappa shape index (κ3) is 4.39. The van der Waals surface area contributed by atoms with Crippen molar-refractivity contribution in [1.29, 1.82) is 0 Å². The second kappa shape index (κ2) is 8.08. The summed E-state index contributed by atoms with van der Waals surface area (Å²) in [5, 5.41) is 5.80. The fourth-order valence-electron chi connectivity index (χ4n) is 2.34. The van der Waals surface area contributed by atoms with Crippen molar-refractivity contribution < 1.29 is 14.3 Å². The molecule has 2 rings (SSSR count). The van der Waals surface area contributed by atoms with Gasteiger partial charge in [-0.1, -0.05) is 31.2 Å². The van der Waals surface area contributed by atoms with Crippen LogP contribution >= 0.6 is 0 Å². The molecule has 1 atom stereocenters. The average Bonchev–Trinajstić information content (AvgIpc) is 2.60. The summed E-state index contributed by atoms with van der Waals surface area (Å²) in [7, 11) is 3.19. The summed E-state index contributed by atoms with van der Waals surface area (Å²) in [4.78, 5) is 12.2. The van der Waals surface area contributed by atoms with E-state index in [-0.39, 0.29) is 12.1 Å². The van der Waals surface area contributed by atoms with E-state index in [2.05, 4.69) is 10.6 Å². The van der Waals surface area contributed by atoms with Crippen molar-refractivity contribution in [2.75, 3.05) is 19.5 Å². The predicted molar refractivity (Wildman–Crippen MR) is 91.2 cm³/mol. The molecule has 0 bridgehead atoms. The summed E-state index contributed by atoms with van der Waals surface area (Å²) in [6, 6.07) is 14.6. The molecule has 23 heavy (non-hydrogen) atoms. The Morgan fingerprint density at radius 2 is 1.74 bits per heavy atom. The zero-order valence-electron chi connectivity index (χ0n) is 13.6. The van der Waals surface area contributed by atoms with Crippen molar-refractivity contribution in [3.05, 3.63) is 54.1 Å². The van der Waals surface area contributed by atoms with Crippen molar-refractivity contribution in [2.45, 2.75) is 19.4 Å². The fourth-order valence-corrected chi connectivity index (χ4v) is 2.34. The molecule has 0 radical (unpaired) electrons. The Hall–Kier alpha value is -2.69. The standard InChI is InChI=1S/C18H22N2O3/c1-4-15(13-10-11-16(22-2)17(12-13)23-3)20-18(21)19-14-8-6-5-7-9-14/h5-12,15H,4H2,1-3H3,(H2,19,20,21)/t15-/m0/s1. The third-order valence-electron chi connectivity index (χ3n) is 3.56. The van der Waals surface area contributed by atoms with Gasteiger partial charge in [-0.2, -0.15) is 0 Å². The number of carbonyl (C=O) groups is 1. The molecule has 0 heterocycles. The molecule has 2 amide bonds. The van der Waals surface area contributed by atoms with Gasteiger partial charge in [-0.3, -0.25) is 0 Å². The van der Waals surface area contributed by atoms with Crippen molar-refractivity contribution in [3.8, 4) is 11.5 Å². The first-order chi connectivity index (χ1) is 11.2. The van der Waals surface area contributed by atoms with E-state index in [4.69, 9.17) is 9.47 Å². The van der Waals surface area contributed by atoms with Gasteiger partial charge in [-0.15, -0.1) is 0 Å². The minimum absolute atomic E-state index is 0.112. The maximum absolute atomic E-state index is 12.2. The summed E-state index contributed by atoms with van der Waals surface area (Å²) in [6.07, 6.45) is 0.762. The minimum Gasteiger partial charge on any atom is -0.493 e. The maximum atomic E-state index is 12.2. The van der Waals surface area contributed by atoms with Crippen molar-refractivity contribution >= 4 is 11.7 Å². The van der Waals surface area contributed by atoms with Crippen molar-refractivity contribution in [1.82, 2.24) is 5.32 Å². The van der Waals surface area contributed by atoms with Crippen LogP contribution in [-0.2, 0) is 0 Å². The third-order valence-corrected chi connectivity index (χ3v) is 3.56. The lowest BCUT2D eigenvalue weighted by atomic mass is 10.0. The molecule has 0 unspecified atom stereocenters. The summed E-state index contributed by atoms with van der Waals surface area (Å²) in [5.41, 5.74) is 1.72. The number of amides is 2. The molecular weight excluding hydrogens is 292 g/mol. The number of benzene rings is 2. The van der Waals surface area contributed by atoms with Gasteiger partial charge in [-0.25, -0.2) is 4.79 Å². The Morgan fingerprint density at radius 1 is 1.04 bits per heavy atom. The zero-order chi connectivity index (χ0) is 16.7. The van der Waals surface area contributed by atoms with Crippen LogP contribution in [0, 0.1) is 0 Å². The molecule has 0 aliphatic heterocycles. The Morgan fingerprint density at radius 3 is 2.35 bits per heavy atom. The van der Waals surface area contributed by atoms with Crippen LogP contribution < -0.4 is 20.1 Å². The molecule has 0 aliphatic carbocycles. The molecule has 0 aliphatic rings. The molecular formula is C18H22N2O3. The summed E-state index contributed by atoms with van der Waals surface area (Å²) >= 11 is 0. The van der Waals surface area contributed by atoms with E-state index in [0.717, 1.165) is 17.7 Å². The van der Waals surface area contributed by atoms with Gasteiger partial charge in [0.05, 0.1) is 20.3 Å². The van der Waals surface area contributed by atoms with E-state index < -0.39 is 0 Å². The largest absolute Gasteiger partial charge is 0.493 e. The number of para-hydroxylation sites is 1. The summed E-state index contributed by atoms with van der Waals surface area (Å²) < 4.78 is 10.6. The SMILES string of the molecule is CC[C@H](NC(=O)Nc1ccccc1)c1ccc(OC)c(OC)c1. The number of anilines is 1. The highest BCUT2D eigenvalue weighted by atomic mass is 16.5. The fraction of sp³-hybridized carbons (Fsp3) is 0.278. The first kappa shape index (κ1) is 16.7. The molecule has 5 nitrogen and oxygen atoms in total. The minimum atomic E-state index is -0.238. The number of hydrogen-bond acceptors (Lipinski definition) is 3. The number of methoxy groups -OCH3 is 2. The van der Waals surface area contributed by atoms with Crippen LogP contribution in [0.5, 0.6) is 11.5 Å². The molecule has 0 aromatic heterocycles. The van der Waals surface area contributed by atoms with Crippen LogP contribution in [0.4, 0.5) is 10.5 Å². The lowest BCUT2D eigenvalue weighted by molar-refractivity contribution is 0.248. The molecule has 0 spiro atoms. The lowest BCUT2D eigenvalue weighted by Gasteiger charge is -2.19. The van der Waals surface area contributed by atoms with Gasteiger partial charge in [0.25, 0.3) is 0 Å². The van der Waals surface area contributed by atoms with E-state index in [1.807, 2.05) is 55.5 Å². The highest BCUT2D eigenvalue weighted by Gasteiger charge is 2.15. The summed E-state index contributed by atoms with van der Waals surface area (Å²) in [6.45, 7) is 2.02. The number of ether oxygens (including phenoxy) is 2. The van der Waals surface area contributed by atoms with Gasteiger partial charge in [0, 0.05) is 5.69 Å². The van der Waals surface area contributed by atoms with E-state index in [0.29, 0.717) is 11.5 Å². The quantitative estimate of drug-likeness (QED) is 0.848. The normalized spacial score (nSPS) is 11.4. The second-order valence-corrected chi connectivity index (χ2v) is 5.04.